The van der Waals surface area contributed by atoms with Crippen LogP contribution >= 0.6 is 23.4 Å². The van der Waals surface area contributed by atoms with E-state index in [1.807, 2.05) is 72.8 Å². The maximum Gasteiger partial charge on any atom is 0.267 e. The van der Waals surface area contributed by atoms with Crippen molar-refractivity contribution in [2.45, 2.75) is 24.8 Å². The van der Waals surface area contributed by atoms with Gasteiger partial charge in [-0.15, -0.1) is 10.2 Å². The molecule has 0 unspecified atom stereocenters. The molecule has 5 rings (SSSR count). The average Bonchev–Trinajstić information content (AvgIpc) is 3.19. The number of halogens is 1. The fraction of sp³-hybridized carbons (Fsp3) is 0.130. The molecule has 0 radical (unpaired) electrons. The minimum atomic E-state index is -0.110. The molecule has 8 heteroatoms. The van der Waals surface area contributed by atoms with Crippen LogP contribution in [0, 0.1) is 13.8 Å². The van der Waals surface area contributed by atoms with Gasteiger partial charge in [0.2, 0.25) is 5.78 Å². The highest BCUT2D eigenvalue weighted by Gasteiger charge is 2.19. The van der Waals surface area contributed by atoms with Crippen LogP contribution in [0.4, 0.5) is 0 Å². The Labute approximate surface area is 187 Å². The Bertz CT molecular complexity index is 1510. The number of para-hydroxylation sites is 1. The molecule has 0 amide bonds. The van der Waals surface area contributed by atoms with Crippen molar-refractivity contribution in [3.63, 3.8) is 0 Å². The predicted molar refractivity (Wildman–Crippen MR) is 124 cm³/mol. The molecule has 0 aliphatic carbocycles. The minimum Gasteiger partial charge on any atom is -0.268 e. The first-order valence-electron chi connectivity index (χ1n) is 9.73. The number of pyridine rings is 1. The third-order valence-electron chi connectivity index (χ3n) is 5.37. The van der Waals surface area contributed by atoms with E-state index in [0.717, 1.165) is 27.9 Å². The highest BCUT2D eigenvalue weighted by molar-refractivity contribution is 7.98. The second-order valence-electron chi connectivity index (χ2n) is 7.27. The number of fused-ring (bicyclic) bond motifs is 3. The van der Waals surface area contributed by atoms with Gasteiger partial charge < -0.3 is 0 Å². The van der Waals surface area contributed by atoms with Gasteiger partial charge in [0.1, 0.15) is 5.15 Å². The lowest BCUT2D eigenvalue weighted by molar-refractivity contribution is 0.927. The van der Waals surface area contributed by atoms with Crippen molar-refractivity contribution in [1.82, 2.24) is 24.1 Å². The molecule has 0 spiro atoms. The third kappa shape index (κ3) is 3.40. The summed E-state index contributed by atoms with van der Waals surface area (Å²) in [6, 6.07) is 17.2. The zero-order chi connectivity index (χ0) is 21.5. The van der Waals surface area contributed by atoms with Crippen molar-refractivity contribution in [1.29, 1.82) is 0 Å². The maximum absolute atomic E-state index is 13.5. The van der Waals surface area contributed by atoms with Gasteiger partial charge in [0, 0.05) is 11.9 Å². The number of thioether (sulfide) groups is 1. The van der Waals surface area contributed by atoms with Crippen LogP contribution in [0.1, 0.15) is 16.7 Å². The Balaban J connectivity index is 1.74. The Morgan fingerprint density at radius 2 is 1.87 bits per heavy atom. The Kier molecular flexibility index (Phi) is 5.00. The summed E-state index contributed by atoms with van der Waals surface area (Å²) in [5.74, 6) is 1.15. The first kappa shape index (κ1) is 19.8. The van der Waals surface area contributed by atoms with Gasteiger partial charge in [-0.2, -0.15) is 0 Å². The normalized spacial score (nSPS) is 11.5. The summed E-state index contributed by atoms with van der Waals surface area (Å²) in [6.45, 7) is 4.05. The van der Waals surface area contributed by atoms with Crippen LogP contribution in [0.15, 0.2) is 70.7 Å². The van der Waals surface area contributed by atoms with E-state index >= 15 is 0 Å². The summed E-state index contributed by atoms with van der Waals surface area (Å²) in [5, 5.41) is 10.6. The Hall–Kier alpha value is -3.16. The SMILES string of the molecule is Cc1cccc(-n2c(=O)c3ccccc3n3c(SCc4ccnc(Cl)c4)nnc23)c1C. The molecule has 0 aliphatic heterocycles. The average molecular weight is 448 g/mol. The first-order valence-corrected chi connectivity index (χ1v) is 11.1. The van der Waals surface area contributed by atoms with E-state index in [4.69, 9.17) is 11.6 Å². The van der Waals surface area contributed by atoms with Crippen molar-refractivity contribution in [2.24, 2.45) is 0 Å². The summed E-state index contributed by atoms with van der Waals surface area (Å²) in [6.07, 6.45) is 1.69. The van der Waals surface area contributed by atoms with Crippen LogP contribution in [-0.2, 0) is 5.75 Å². The number of rotatable bonds is 4. The molecule has 3 aromatic heterocycles. The number of aryl methyl sites for hydroxylation is 1. The number of aromatic nitrogens is 5. The summed E-state index contributed by atoms with van der Waals surface area (Å²) in [7, 11) is 0. The highest BCUT2D eigenvalue weighted by atomic mass is 35.5. The molecule has 0 saturated carbocycles. The standard InChI is InChI=1S/C23H18ClN5OS/c1-14-6-5-9-18(15(14)2)28-21(30)17-7-3-4-8-19(17)29-22(28)26-27-23(29)31-13-16-10-11-25-20(24)12-16/h3-12H,13H2,1-2H3. The number of nitrogens with zero attached hydrogens (tertiary/aromatic N) is 5. The van der Waals surface area contributed by atoms with Gasteiger partial charge in [0.15, 0.2) is 5.16 Å². The fourth-order valence-electron chi connectivity index (χ4n) is 3.65. The molecule has 3 heterocycles. The second-order valence-corrected chi connectivity index (χ2v) is 8.60. The van der Waals surface area contributed by atoms with E-state index in [0.29, 0.717) is 27.2 Å². The molecular formula is C23H18ClN5OS. The molecule has 5 aromatic rings. The molecule has 31 heavy (non-hydrogen) atoms. The van der Waals surface area contributed by atoms with Crippen LogP contribution in [0.5, 0.6) is 0 Å². The Morgan fingerprint density at radius 1 is 1.03 bits per heavy atom. The van der Waals surface area contributed by atoms with Gasteiger partial charge >= 0.3 is 0 Å². The van der Waals surface area contributed by atoms with E-state index in [1.54, 1.807) is 10.8 Å². The first-order chi connectivity index (χ1) is 15.0. The third-order valence-corrected chi connectivity index (χ3v) is 6.58. The number of benzene rings is 2. The van der Waals surface area contributed by atoms with Gasteiger partial charge in [-0.1, -0.05) is 47.6 Å². The van der Waals surface area contributed by atoms with Gasteiger partial charge in [0.25, 0.3) is 5.56 Å². The summed E-state index contributed by atoms with van der Waals surface area (Å²) in [5.41, 5.74) is 4.66. The zero-order valence-corrected chi connectivity index (χ0v) is 18.5. The van der Waals surface area contributed by atoms with Crippen molar-refractivity contribution in [3.05, 3.63) is 93.0 Å². The topological polar surface area (TPSA) is 65.1 Å². The van der Waals surface area contributed by atoms with Crippen molar-refractivity contribution < 1.29 is 0 Å². The molecule has 6 nitrogen and oxygen atoms in total. The molecule has 0 aliphatic rings. The lowest BCUT2D eigenvalue weighted by atomic mass is 10.1. The fourth-order valence-corrected chi connectivity index (χ4v) is 4.73. The molecule has 0 saturated heterocycles. The van der Waals surface area contributed by atoms with E-state index in [1.165, 1.54) is 11.8 Å². The monoisotopic (exact) mass is 447 g/mol. The van der Waals surface area contributed by atoms with Gasteiger partial charge in [-0.3, -0.25) is 9.20 Å². The smallest absolute Gasteiger partial charge is 0.267 e. The molecule has 2 aromatic carbocycles. The predicted octanol–water partition coefficient (Wildman–Crippen LogP) is 4.99. The zero-order valence-electron chi connectivity index (χ0n) is 16.9. The lowest BCUT2D eigenvalue weighted by Crippen LogP contribution is -2.22. The minimum absolute atomic E-state index is 0.110. The van der Waals surface area contributed by atoms with E-state index in [9.17, 15) is 4.79 Å². The van der Waals surface area contributed by atoms with Gasteiger partial charge in [-0.25, -0.2) is 9.55 Å². The van der Waals surface area contributed by atoms with Gasteiger partial charge in [0.05, 0.1) is 16.6 Å². The van der Waals surface area contributed by atoms with Crippen LogP contribution in [0.3, 0.4) is 0 Å². The maximum atomic E-state index is 13.5. The largest absolute Gasteiger partial charge is 0.268 e. The van der Waals surface area contributed by atoms with Gasteiger partial charge in [-0.05, 0) is 60.9 Å². The molecule has 0 N–H and O–H groups in total. The summed E-state index contributed by atoms with van der Waals surface area (Å²) >= 11 is 7.56. The Morgan fingerprint density at radius 3 is 2.71 bits per heavy atom. The molecule has 0 fully saturated rings. The number of hydrogen-bond donors (Lipinski definition) is 0. The van der Waals surface area contributed by atoms with E-state index in [2.05, 4.69) is 15.2 Å². The quantitative estimate of drug-likeness (QED) is 0.287. The van der Waals surface area contributed by atoms with Crippen LogP contribution in [-0.4, -0.2) is 24.1 Å². The molecule has 0 bridgehead atoms. The number of hydrogen-bond acceptors (Lipinski definition) is 5. The summed E-state index contributed by atoms with van der Waals surface area (Å²) < 4.78 is 3.61. The van der Waals surface area contributed by atoms with Crippen molar-refractivity contribution in [2.75, 3.05) is 0 Å². The van der Waals surface area contributed by atoms with E-state index < -0.39 is 0 Å². The second kappa shape index (κ2) is 7.83. The van der Waals surface area contributed by atoms with Crippen LogP contribution in [0.2, 0.25) is 5.15 Å². The van der Waals surface area contributed by atoms with E-state index in [-0.39, 0.29) is 5.56 Å². The molecular weight excluding hydrogens is 430 g/mol. The highest BCUT2D eigenvalue weighted by Crippen LogP contribution is 2.27. The lowest BCUT2D eigenvalue weighted by Gasteiger charge is -2.14. The van der Waals surface area contributed by atoms with Crippen molar-refractivity contribution >= 4 is 40.0 Å². The summed E-state index contributed by atoms with van der Waals surface area (Å²) in [4.78, 5) is 17.5. The van der Waals surface area contributed by atoms with Crippen LogP contribution in [0.25, 0.3) is 22.4 Å². The van der Waals surface area contributed by atoms with Crippen molar-refractivity contribution in [3.8, 4) is 5.69 Å². The molecule has 0 atom stereocenters. The van der Waals surface area contributed by atoms with Crippen LogP contribution < -0.4 is 5.56 Å². The molecule has 154 valence electrons.